The molecule has 1 aromatic carbocycles. The number of hydrogen-bond donors (Lipinski definition) is 2. The summed E-state index contributed by atoms with van der Waals surface area (Å²) in [5.41, 5.74) is -0.805. The van der Waals surface area contributed by atoms with E-state index in [1.165, 1.54) is 12.1 Å². The van der Waals surface area contributed by atoms with Crippen molar-refractivity contribution >= 4 is 21.4 Å². The molecule has 1 aromatic rings. The average molecular weight is 263 g/mol. The van der Waals surface area contributed by atoms with Crippen LogP contribution in [0.5, 0.6) is 0 Å². The second-order valence-electron chi connectivity index (χ2n) is 3.19. The SMILES string of the molecule is NS(=O)(=O)CCNc1cccc(F)c1[N+](=O)[O-]. The van der Waals surface area contributed by atoms with E-state index in [0.29, 0.717) is 0 Å². The number of rotatable bonds is 5. The van der Waals surface area contributed by atoms with Gasteiger partial charge in [0, 0.05) is 6.54 Å². The molecule has 0 heterocycles. The fourth-order valence-electron chi connectivity index (χ4n) is 1.17. The van der Waals surface area contributed by atoms with Crippen LogP contribution in [0.1, 0.15) is 0 Å². The zero-order valence-corrected chi connectivity index (χ0v) is 9.41. The first kappa shape index (κ1) is 13.3. The Kier molecular flexibility index (Phi) is 3.97. The fourth-order valence-corrected chi connectivity index (χ4v) is 1.56. The lowest BCUT2D eigenvalue weighted by atomic mass is 10.2. The molecule has 0 aromatic heterocycles. The van der Waals surface area contributed by atoms with Gasteiger partial charge in [-0.3, -0.25) is 10.1 Å². The number of anilines is 1. The van der Waals surface area contributed by atoms with Gasteiger partial charge in [-0.05, 0) is 12.1 Å². The van der Waals surface area contributed by atoms with Gasteiger partial charge in [0.25, 0.3) is 0 Å². The van der Waals surface area contributed by atoms with E-state index in [9.17, 15) is 22.9 Å². The number of halogens is 1. The molecule has 94 valence electrons. The predicted octanol–water partition coefficient (Wildman–Crippen LogP) is 0.434. The standard InChI is InChI=1S/C8H10FN3O4S/c9-6-2-1-3-7(8(6)12(13)14)11-4-5-17(10,15)16/h1-3,11H,4-5H2,(H2,10,15,16). The van der Waals surface area contributed by atoms with Crippen LogP contribution in [0.2, 0.25) is 0 Å². The molecule has 0 atom stereocenters. The van der Waals surface area contributed by atoms with Crippen LogP contribution in [0.4, 0.5) is 15.8 Å². The highest BCUT2D eigenvalue weighted by Crippen LogP contribution is 2.26. The van der Waals surface area contributed by atoms with E-state index in [1.807, 2.05) is 0 Å². The Bertz CT molecular complexity index is 532. The highest BCUT2D eigenvalue weighted by molar-refractivity contribution is 7.89. The highest BCUT2D eigenvalue weighted by Gasteiger charge is 2.19. The summed E-state index contributed by atoms with van der Waals surface area (Å²) in [6.45, 7) is -0.136. The van der Waals surface area contributed by atoms with Crippen molar-refractivity contribution in [1.29, 1.82) is 0 Å². The van der Waals surface area contributed by atoms with Gasteiger partial charge in [-0.25, -0.2) is 13.6 Å². The van der Waals surface area contributed by atoms with E-state index in [2.05, 4.69) is 5.32 Å². The van der Waals surface area contributed by atoms with E-state index in [4.69, 9.17) is 5.14 Å². The van der Waals surface area contributed by atoms with Crippen LogP contribution in [0.15, 0.2) is 18.2 Å². The lowest BCUT2D eigenvalue weighted by Crippen LogP contribution is -2.22. The lowest BCUT2D eigenvalue weighted by molar-refractivity contribution is -0.386. The average Bonchev–Trinajstić information content (AvgIpc) is 2.14. The van der Waals surface area contributed by atoms with Gasteiger partial charge in [-0.15, -0.1) is 0 Å². The van der Waals surface area contributed by atoms with Crippen molar-refractivity contribution in [3.8, 4) is 0 Å². The molecule has 0 saturated carbocycles. The number of nitrogens with one attached hydrogen (secondary N) is 1. The van der Waals surface area contributed by atoms with Crippen molar-refractivity contribution in [2.75, 3.05) is 17.6 Å². The van der Waals surface area contributed by atoms with Gasteiger partial charge in [0.1, 0.15) is 5.69 Å². The molecule has 0 radical (unpaired) electrons. The number of para-hydroxylation sites is 1. The predicted molar refractivity (Wildman–Crippen MR) is 59.5 cm³/mol. The maximum Gasteiger partial charge on any atom is 0.327 e. The molecule has 1 rings (SSSR count). The van der Waals surface area contributed by atoms with E-state index in [1.54, 1.807) is 0 Å². The molecule has 0 aliphatic heterocycles. The minimum absolute atomic E-state index is 0.0846. The first-order valence-electron chi connectivity index (χ1n) is 4.48. The quantitative estimate of drug-likeness (QED) is 0.590. The number of nitro groups is 1. The maximum absolute atomic E-state index is 13.1. The second-order valence-corrected chi connectivity index (χ2v) is 4.92. The molecule has 0 fully saturated rings. The minimum Gasteiger partial charge on any atom is -0.378 e. The maximum atomic E-state index is 13.1. The van der Waals surface area contributed by atoms with Crippen LogP contribution in [0, 0.1) is 15.9 Å². The Labute approximate surface area is 96.6 Å². The zero-order chi connectivity index (χ0) is 13.1. The smallest absolute Gasteiger partial charge is 0.327 e. The van der Waals surface area contributed by atoms with Gasteiger partial charge in [0.15, 0.2) is 0 Å². The number of primary sulfonamides is 1. The van der Waals surface area contributed by atoms with Crippen molar-refractivity contribution in [3.05, 3.63) is 34.1 Å². The lowest BCUT2D eigenvalue weighted by Gasteiger charge is -2.06. The van der Waals surface area contributed by atoms with E-state index in [-0.39, 0.29) is 12.2 Å². The number of nitrogens with zero attached hydrogens (tertiary/aromatic N) is 1. The third-order valence-corrected chi connectivity index (χ3v) is 2.64. The van der Waals surface area contributed by atoms with E-state index in [0.717, 1.165) is 6.07 Å². The Morgan fingerprint density at radius 3 is 2.65 bits per heavy atom. The third-order valence-electron chi connectivity index (χ3n) is 1.87. The number of hydrogen-bond acceptors (Lipinski definition) is 5. The molecule has 7 nitrogen and oxygen atoms in total. The number of sulfonamides is 1. The van der Waals surface area contributed by atoms with Gasteiger partial charge in [0.05, 0.1) is 10.7 Å². The summed E-state index contributed by atoms with van der Waals surface area (Å²) < 4.78 is 34.4. The van der Waals surface area contributed by atoms with Crippen LogP contribution in [-0.2, 0) is 10.0 Å². The molecule has 0 amide bonds. The van der Waals surface area contributed by atoms with Gasteiger partial charge in [-0.2, -0.15) is 4.39 Å². The topological polar surface area (TPSA) is 115 Å². The van der Waals surface area contributed by atoms with E-state index >= 15 is 0 Å². The third kappa shape index (κ3) is 3.96. The fraction of sp³-hybridized carbons (Fsp3) is 0.250. The summed E-state index contributed by atoms with van der Waals surface area (Å²) in [6, 6.07) is 3.51. The summed E-state index contributed by atoms with van der Waals surface area (Å²) in [5, 5.41) is 17.8. The largest absolute Gasteiger partial charge is 0.378 e. The molecule has 0 aliphatic rings. The molecule has 0 spiro atoms. The minimum atomic E-state index is -3.66. The summed E-state index contributed by atoms with van der Waals surface area (Å²) in [5.74, 6) is -1.39. The highest BCUT2D eigenvalue weighted by atomic mass is 32.2. The van der Waals surface area contributed by atoms with Gasteiger partial charge >= 0.3 is 5.69 Å². The van der Waals surface area contributed by atoms with Crippen LogP contribution in [0.3, 0.4) is 0 Å². The number of nitro benzene ring substituents is 1. The summed E-state index contributed by atoms with van der Waals surface area (Å²) >= 11 is 0. The normalized spacial score (nSPS) is 11.2. The van der Waals surface area contributed by atoms with Crippen molar-refractivity contribution < 1.29 is 17.7 Å². The number of nitrogens with two attached hydrogens (primary N) is 1. The zero-order valence-electron chi connectivity index (χ0n) is 8.59. The van der Waals surface area contributed by atoms with Crippen molar-refractivity contribution in [1.82, 2.24) is 0 Å². The van der Waals surface area contributed by atoms with Crippen LogP contribution in [-0.4, -0.2) is 25.6 Å². The van der Waals surface area contributed by atoms with Crippen molar-refractivity contribution in [3.63, 3.8) is 0 Å². The molecule has 0 bridgehead atoms. The molecular weight excluding hydrogens is 253 g/mol. The molecule has 0 unspecified atom stereocenters. The van der Waals surface area contributed by atoms with Gasteiger partial charge in [0.2, 0.25) is 15.8 Å². The molecule has 0 saturated heterocycles. The van der Waals surface area contributed by atoms with Gasteiger partial charge < -0.3 is 5.32 Å². The Balaban J connectivity index is 2.85. The summed E-state index contributed by atoms with van der Waals surface area (Å²) in [4.78, 5) is 9.70. The number of benzene rings is 1. The van der Waals surface area contributed by atoms with Crippen LogP contribution >= 0.6 is 0 Å². The molecule has 3 N–H and O–H groups in total. The summed E-state index contributed by atoms with van der Waals surface area (Å²) in [6.07, 6.45) is 0. The molecule has 17 heavy (non-hydrogen) atoms. The first-order chi connectivity index (χ1) is 7.81. The molecule has 9 heteroatoms. The Morgan fingerprint density at radius 2 is 2.12 bits per heavy atom. The first-order valence-corrected chi connectivity index (χ1v) is 6.20. The van der Waals surface area contributed by atoms with Crippen molar-refractivity contribution in [2.45, 2.75) is 0 Å². The molecular formula is C8H10FN3O4S. The Hall–Kier alpha value is -1.74. The summed E-state index contributed by atoms with van der Waals surface area (Å²) in [7, 11) is -3.66. The van der Waals surface area contributed by atoms with Crippen molar-refractivity contribution in [2.24, 2.45) is 5.14 Å². The monoisotopic (exact) mass is 263 g/mol. The van der Waals surface area contributed by atoms with Crippen LogP contribution < -0.4 is 10.5 Å². The van der Waals surface area contributed by atoms with E-state index < -0.39 is 32.2 Å². The second kappa shape index (κ2) is 5.06. The Morgan fingerprint density at radius 1 is 1.47 bits per heavy atom. The van der Waals surface area contributed by atoms with Gasteiger partial charge in [-0.1, -0.05) is 6.07 Å². The van der Waals surface area contributed by atoms with Crippen LogP contribution in [0.25, 0.3) is 0 Å². The molecule has 0 aliphatic carbocycles.